The lowest BCUT2D eigenvalue weighted by Gasteiger charge is -2.30. The molecule has 0 aliphatic carbocycles. The summed E-state index contributed by atoms with van der Waals surface area (Å²) in [6.07, 6.45) is 4.30. The second kappa shape index (κ2) is 12.5. The zero-order chi connectivity index (χ0) is 31.7. The van der Waals surface area contributed by atoms with Gasteiger partial charge in [0.2, 0.25) is 10.0 Å². The van der Waals surface area contributed by atoms with Gasteiger partial charge in [0.15, 0.2) is 5.65 Å². The second-order valence-electron chi connectivity index (χ2n) is 11.8. The third kappa shape index (κ3) is 6.48. The second-order valence-corrected chi connectivity index (χ2v) is 13.6. The minimum Gasteiger partial charge on any atom is -0.378 e. The fourth-order valence-electron chi connectivity index (χ4n) is 5.90. The smallest absolute Gasteiger partial charge is 0.283 e. The van der Waals surface area contributed by atoms with Crippen LogP contribution in [0.15, 0.2) is 48.7 Å². The Morgan fingerprint density at radius 3 is 2.42 bits per heavy atom. The summed E-state index contributed by atoms with van der Waals surface area (Å²) in [7, 11) is -3.83. The van der Waals surface area contributed by atoms with Crippen molar-refractivity contribution in [2.45, 2.75) is 32.6 Å². The quantitative estimate of drug-likeness (QED) is 0.320. The average molecular weight is 629 g/mol. The van der Waals surface area contributed by atoms with Gasteiger partial charge >= 0.3 is 0 Å². The number of nitriles is 1. The normalized spacial score (nSPS) is 16.2. The summed E-state index contributed by atoms with van der Waals surface area (Å²) < 4.78 is 33.3. The first-order chi connectivity index (χ1) is 21.6. The van der Waals surface area contributed by atoms with Gasteiger partial charge in [-0.1, -0.05) is 19.9 Å². The van der Waals surface area contributed by atoms with E-state index in [2.05, 4.69) is 34.4 Å². The molecule has 2 saturated heterocycles. The highest BCUT2D eigenvalue weighted by Crippen LogP contribution is 2.36. The number of pyridine rings is 2. The molecule has 1 amide bonds. The van der Waals surface area contributed by atoms with E-state index in [1.807, 2.05) is 36.4 Å². The SMILES string of the molecule is CC(C)c1nn(-c2cccc(N3CCOCC3)c2)c2nc(C(=O)NS(C)(=O)=O)cc(-c3ccc(N4CCC(C#N)CC4)nc3)c12. The van der Waals surface area contributed by atoms with Crippen LogP contribution >= 0.6 is 0 Å². The maximum absolute atomic E-state index is 13.2. The van der Waals surface area contributed by atoms with Crippen molar-refractivity contribution in [1.29, 1.82) is 5.26 Å². The Morgan fingerprint density at radius 1 is 1.04 bits per heavy atom. The van der Waals surface area contributed by atoms with Gasteiger partial charge in [0.25, 0.3) is 5.91 Å². The third-order valence-electron chi connectivity index (χ3n) is 8.23. The van der Waals surface area contributed by atoms with Crippen molar-refractivity contribution >= 4 is 38.5 Å². The average Bonchev–Trinajstić information content (AvgIpc) is 3.44. The number of sulfonamides is 1. The Hall–Kier alpha value is -4.54. The number of piperidine rings is 1. The van der Waals surface area contributed by atoms with Crippen LogP contribution in [0, 0.1) is 17.2 Å². The molecular weight excluding hydrogens is 592 g/mol. The van der Waals surface area contributed by atoms with Crippen LogP contribution in [0.1, 0.15) is 48.8 Å². The summed E-state index contributed by atoms with van der Waals surface area (Å²) in [4.78, 5) is 27.1. The Balaban J connectivity index is 1.49. The van der Waals surface area contributed by atoms with Crippen LogP contribution in [0.2, 0.25) is 0 Å². The molecule has 0 unspecified atom stereocenters. The Bertz CT molecular complexity index is 1870. The monoisotopic (exact) mass is 628 g/mol. The van der Waals surface area contributed by atoms with Crippen LogP contribution in [0.25, 0.3) is 27.8 Å². The molecule has 234 valence electrons. The molecular formula is C32H36N8O4S. The molecule has 4 aromatic rings. The van der Waals surface area contributed by atoms with Crippen molar-refractivity contribution in [3.63, 3.8) is 0 Å². The topological polar surface area (TPSA) is 146 Å². The number of carbonyl (C=O) groups excluding carboxylic acids is 1. The molecule has 0 saturated carbocycles. The van der Waals surface area contributed by atoms with Crippen LogP contribution in [-0.2, 0) is 14.8 Å². The van der Waals surface area contributed by atoms with E-state index in [4.69, 9.17) is 19.8 Å². The number of aromatic nitrogens is 4. The molecule has 0 bridgehead atoms. The Labute approximate surface area is 262 Å². The number of nitrogens with one attached hydrogen (secondary N) is 1. The molecule has 6 rings (SSSR count). The number of amides is 1. The standard InChI is InChI=1S/C32H36N8O4S/c1-21(2)30-29-26(23-7-8-28(34-20-23)39-11-9-22(19-33)10-12-39)18-27(32(41)37-45(3,42)43)35-31(29)40(36-30)25-6-4-5-24(17-25)38-13-15-44-16-14-38/h4-8,17-18,20-22H,9-16H2,1-3H3,(H,37,41). The first-order valence-electron chi connectivity index (χ1n) is 15.1. The highest BCUT2D eigenvalue weighted by molar-refractivity contribution is 7.89. The number of rotatable bonds is 7. The van der Waals surface area contributed by atoms with E-state index in [9.17, 15) is 18.5 Å². The number of hydrogen-bond acceptors (Lipinski definition) is 10. The van der Waals surface area contributed by atoms with Crippen LogP contribution < -0.4 is 14.5 Å². The first kappa shape index (κ1) is 30.5. The first-order valence-corrected chi connectivity index (χ1v) is 17.0. The Morgan fingerprint density at radius 2 is 1.78 bits per heavy atom. The van der Waals surface area contributed by atoms with Crippen LogP contribution in [0.3, 0.4) is 0 Å². The molecule has 0 atom stereocenters. The zero-order valence-electron chi connectivity index (χ0n) is 25.6. The molecule has 13 heteroatoms. The van der Waals surface area contributed by atoms with E-state index in [1.165, 1.54) is 0 Å². The highest BCUT2D eigenvalue weighted by atomic mass is 32.2. The zero-order valence-corrected chi connectivity index (χ0v) is 26.4. The number of carbonyl (C=O) groups is 1. The van der Waals surface area contributed by atoms with E-state index in [-0.39, 0.29) is 17.5 Å². The maximum atomic E-state index is 13.2. The molecule has 45 heavy (non-hydrogen) atoms. The van der Waals surface area contributed by atoms with Crippen LogP contribution in [0.5, 0.6) is 0 Å². The number of benzene rings is 1. The lowest BCUT2D eigenvalue weighted by atomic mass is 9.97. The number of ether oxygens (including phenoxy) is 1. The molecule has 2 aliphatic heterocycles. The van der Waals surface area contributed by atoms with Crippen molar-refractivity contribution in [3.8, 4) is 22.9 Å². The van der Waals surface area contributed by atoms with Gasteiger partial charge in [-0.25, -0.2) is 27.8 Å². The highest BCUT2D eigenvalue weighted by Gasteiger charge is 2.25. The summed E-state index contributed by atoms with van der Waals surface area (Å²) in [5.74, 6) is 0.0745. The molecule has 3 aromatic heterocycles. The van der Waals surface area contributed by atoms with Gasteiger partial charge in [0.05, 0.1) is 42.3 Å². The lowest BCUT2D eigenvalue weighted by molar-refractivity contribution is 0.0977. The van der Waals surface area contributed by atoms with Gasteiger partial charge in [0, 0.05) is 49.5 Å². The molecule has 0 radical (unpaired) electrons. The van der Waals surface area contributed by atoms with E-state index in [0.717, 1.165) is 79.1 Å². The van der Waals surface area contributed by atoms with Gasteiger partial charge in [-0.15, -0.1) is 0 Å². The minimum atomic E-state index is -3.83. The predicted octanol–water partition coefficient (Wildman–Crippen LogP) is 3.87. The van der Waals surface area contributed by atoms with Crippen molar-refractivity contribution in [3.05, 3.63) is 60.0 Å². The van der Waals surface area contributed by atoms with Gasteiger partial charge in [-0.3, -0.25) is 4.79 Å². The molecule has 1 aromatic carbocycles. The maximum Gasteiger partial charge on any atom is 0.283 e. The Kier molecular flexibility index (Phi) is 8.44. The fourth-order valence-corrected chi connectivity index (χ4v) is 6.35. The summed E-state index contributed by atoms with van der Waals surface area (Å²) in [5.41, 5.74) is 4.40. The summed E-state index contributed by atoms with van der Waals surface area (Å²) in [6, 6.07) is 15.9. The van der Waals surface area contributed by atoms with Gasteiger partial charge in [-0.2, -0.15) is 10.4 Å². The number of morpholine rings is 1. The number of anilines is 2. The van der Waals surface area contributed by atoms with E-state index >= 15 is 0 Å². The molecule has 12 nitrogen and oxygen atoms in total. The van der Waals surface area contributed by atoms with E-state index in [0.29, 0.717) is 24.4 Å². The summed E-state index contributed by atoms with van der Waals surface area (Å²) in [5, 5.41) is 15.0. The minimum absolute atomic E-state index is 0.0149. The van der Waals surface area contributed by atoms with Crippen molar-refractivity contribution < 1.29 is 17.9 Å². The number of fused-ring (bicyclic) bond motifs is 1. The number of hydrogen-bond donors (Lipinski definition) is 1. The van der Waals surface area contributed by atoms with Crippen molar-refractivity contribution in [1.82, 2.24) is 24.5 Å². The molecule has 2 aliphatic rings. The molecule has 5 heterocycles. The van der Waals surface area contributed by atoms with E-state index < -0.39 is 15.9 Å². The fraction of sp³-hybridized carbons (Fsp3) is 0.406. The summed E-state index contributed by atoms with van der Waals surface area (Å²) in [6.45, 7) is 8.48. The largest absolute Gasteiger partial charge is 0.378 e. The van der Waals surface area contributed by atoms with Crippen LogP contribution in [0.4, 0.5) is 11.5 Å². The van der Waals surface area contributed by atoms with Crippen molar-refractivity contribution in [2.24, 2.45) is 5.92 Å². The van der Waals surface area contributed by atoms with Gasteiger partial charge in [-0.05, 0) is 60.7 Å². The van der Waals surface area contributed by atoms with Gasteiger partial charge in [0.1, 0.15) is 11.5 Å². The number of nitrogens with zero attached hydrogens (tertiary/aromatic N) is 7. The predicted molar refractivity (Wildman–Crippen MR) is 172 cm³/mol. The van der Waals surface area contributed by atoms with Crippen LogP contribution in [-0.4, -0.2) is 79.7 Å². The molecule has 2 fully saturated rings. The van der Waals surface area contributed by atoms with Crippen molar-refractivity contribution in [2.75, 3.05) is 55.4 Å². The third-order valence-corrected chi connectivity index (χ3v) is 8.79. The molecule has 1 N–H and O–H groups in total. The van der Waals surface area contributed by atoms with E-state index in [1.54, 1.807) is 16.9 Å². The summed E-state index contributed by atoms with van der Waals surface area (Å²) >= 11 is 0. The molecule has 0 spiro atoms. The van der Waals surface area contributed by atoms with Gasteiger partial charge < -0.3 is 14.5 Å². The lowest BCUT2D eigenvalue weighted by Crippen LogP contribution is -2.36.